The molecule has 136 valence electrons. The molecule has 1 aliphatic heterocycles. The fourth-order valence-electron chi connectivity index (χ4n) is 3.29. The maximum Gasteiger partial charge on any atom is 0.263 e. The van der Waals surface area contributed by atoms with E-state index < -0.39 is 0 Å². The summed E-state index contributed by atoms with van der Waals surface area (Å²) in [7, 11) is 0. The van der Waals surface area contributed by atoms with Gasteiger partial charge in [-0.1, -0.05) is 12.1 Å². The van der Waals surface area contributed by atoms with E-state index in [4.69, 9.17) is 5.73 Å². The Morgan fingerprint density at radius 3 is 2.44 bits per heavy atom. The van der Waals surface area contributed by atoms with Crippen molar-refractivity contribution in [2.75, 3.05) is 13.1 Å². The summed E-state index contributed by atoms with van der Waals surface area (Å²) < 4.78 is 13.1. The first-order valence-electron chi connectivity index (χ1n) is 8.37. The third-order valence-corrected chi connectivity index (χ3v) is 5.89. The van der Waals surface area contributed by atoms with E-state index in [1.807, 2.05) is 24.8 Å². The molecule has 2 N–H and O–H groups in total. The minimum absolute atomic E-state index is 0. The van der Waals surface area contributed by atoms with Crippen LogP contribution in [0.4, 0.5) is 4.39 Å². The smallest absolute Gasteiger partial charge is 0.263 e. The highest BCUT2D eigenvalue weighted by Crippen LogP contribution is 2.32. The van der Waals surface area contributed by atoms with E-state index in [1.165, 1.54) is 23.5 Å². The van der Waals surface area contributed by atoms with Gasteiger partial charge in [0, 0.05) is 24.0 Å². The first-order chi connectivity index (χ1) is 11.5. The SMILES string of the molecule is Cc1sc(C(=O)N2CCC(C(C)N)CC2)cc1-c1ccc(F)cc1.Cl. The van der Waals surface area contributed by atoms with Crippen LogP contribution in [0.3, 0.4) is 0 Å². The summed E-state index contributed by atoms with van der Waals surface area (Å²) in [6.45, 7) is 5.59. The average molecular weight is 383 g/mol. The van der Waals surface area contributed by atoms with E-state index >= 15 is 0 Å². The van der Waals surface area contributed by atoms with Gasteiger partial charge in [-0.05, 0) is 61.9 Å². The fourth-order valence-corrected chi connectivity index (χ4v) is 4.30. The normalized spacial score (nSPS) is 16.4. The van der Waals surface area contributed by atoms with E-state index in [0.717, 1.165) is 46.8 Å². The van der Waals surface area contributed by atoms with Gasteiger partial charge in [0.1, 0.15) is 5.82 Å². The topological polar surface area (TPSA) is 46.3 Å². The average Bonchev–Trinajstić information content (AvgIpc) is 2.97. The van der Waals surface area contributed by atoms with Crippen molar-refractivity contribution in [3.8, 4) is 11.1 Å². The molecule has 1 aromatic heterocycles. The molecule has 2 aromatic rings. The highest BCUT2D eigenvalue weighted by atomic mass is 35.5. The second-order valence-electron chi connectivity index (χ2n) is 6.58. The number of nitrogens with two attached hydrogens (primary N) is 1. The zero-order chi connectivity index (χ0) is 17.3. The molecular weight excluding hydrogens is 359 g/mol. The van der Waals surface area contributed by atoms with Gasteiger partial charge in [0.05, 0.1) is 4.88 Å². The van der Waals surface area contributed by atoms with Crippen LogP contribution in [0.5, 0.6) is 0 Å². The molecule has 1 aliphatic rings. The van der Waals surface area contributed by atoms with E-state index in [0.29, 0.717) is 5.92 Å². The predicted molar refractivity (Wildman–Crippen MR) is 104 cm³/mol. The summed E-state index contributed by atoms with van der Waals surface area (Å²) in [5.41, 5.74) is 7.92. The lowest BCUT2D eigenvalue weighted by Gasteiger charge is -2.33. The van der Waals surface area contributed by atoms with Crippen molar-refractivity contribution in [3.05, 3.63) is 45.9 Å². The fraction of sp³-hybridized carbons (Fsp3) is 0.421. The molecule has 25 heavy (non-hydrogen) atoms. The first-order valence-corrected chi connectivity index (χ1v) is 9.18. The number of thiophene rings is 1. The summed E-state index contributed by atoms with van der Waals surface area (Å²) in [5, 5.41) is 0. The van der Waals surface area contributed by atoms with Crippen LogP contribution >= 0.6 is 23.7 Å². The highest BCUT2D eigenvalue weighted by Gasteiger charge is 2.26. The van der Waals surface area contributed by atoms with E-state index in [1.54, 1.807) is 12.1 Å². The van der Waals surface area contributed by atoms with Gasteiger partial charge >= 0.3 is 0 Å². The number of halogens is 2. The first kappa shape index (κ1) is 19.9. The number of hydrogen-bond acceptors (Lipinski definition) is 3. The quantitative estimate of drug-likeness (QED) is 0.850. The lowest BCUT2D eigenvalue weighted by molar-refractivity contribution is 0.0686. The summed E-state index contributed by atoms with van der Waals surface area (Å²) in [6, 6.07) is 8.54. The van der Waals surface area contributed by atoms with Crippen molar-refractivity contribution in [1.29, 1.82) is 0 Å². The number of rotatable bonds is 3. The predicted octanol–water partition coefficient (Wildman–Crippen LogP) is 4.48. The van der Waals surface area contributed by atoms with Gasteiger partial charge in [0.25, 0.3) is 5.91 Å². The van der Waals surface area contributed by atoms with Crippen LogP contribution in [0, 0.1) is 18.7 Å². The molecule has 2 heterocycles. The maximum atomic E-state index is 13.1. The number of amides is 1. The molecule has 1 saturated heterocycles. The van der Waals surface area contributed by atoms with Crippen LogP contribution in [0.15, 0.2) is 30.3 Å². The Kier molecular flexibility index (Phi) is 6.60. The lowest BCUT2D eigenvalue weighted by atomic mass is 9.91. The molecule has 6 heteroatoms. The second kappa shape index (κ2) is 8.30. The Labute approximate surface area is 158 Å². The number of carbonyl (C=O) groups is 1. The Bertz CT molecular complexity index is 722. The molecule has 1 amide bonds. The third kappa shape index (κ3) is 4.40. The number of carbonyl (C=O) groups excluding carboxylic acids is 1. The monoisotopic (exact) mass is 382 g/mol. The second-order valence-corrected chi connectivity index (χ2v) is 7.83. The van der Waals surface area contributed by atoms with Crippen LogP contribution in [-0.4, -0.2) is 29.9 Å². The van der Waals surface area contributed by atoms with Gasteiger partial charge in [-0.2, -0.15) is 0 Å². The summed E-state index contributed by atoms with van der Waals surface area (Å²) in [4.78, 5) is 16.5. The largest absolute Gasteiger partial charge is 0.338 e. The van der Waals surface area contributed by atoms with Crippen molar-refractivity contribution in [2.24, 2.45) is 11.7 Å². The van der Waals surface area contributed by atoms with Gasteiger partial charge in [0.2, 0.25) is 0 Å². The van der Waals surface area contributed by atoms with E-state index in [-0.39, 0.29) is 30.2 Å². The maximum absolute atomic E-state index is 13.1. The molecule has 3 nitrogen and oxygen atoms in total. The van der Waals surface area contributed by atoms with Crippen LogP contribution in [0.25, 0.3) is 11.1 Å². The number of benzene rings is 1. The molecule has 0 radical (unpaired) electrons. The van der Waals surface area contributed by atoms with Gasteiger partial charge in [-0.3, -0.25) is 4.79 Å². The van der Waals surface area contributed by atoms with Crippen molar-refractivity contribution < 1.29 is 9.18 Å². The standard InChI is InChI=1S/C19H23FN2OS.ClH/c1-12(21)14-7-9-22(10-8-14)19(23)18-11-17(13(2)24-18)15-3-5-16(20)6-4-15;/h3-6,11-12,14H,7-10,21H2,1-2H3;1H. The van der Waals surface area contributed by atoms with Crippen LogP contribution < -0.4 is 5.73 Å². The van der Waals surface area contributed by atoms with Crippen molar-refractivity contribution in [1.82, 2.24) is 4.90 Å². The molecule has 0 spiro atoms. The molecule has 0 aliphatic carbocycles. The zero-order valence-corrected chi connectivity index (χ0v) is 16.1. The highest BCUT2D eigenvalue weighted by molar-refractivity contribution is 7.14. The Balaban J connectivity index is 0.00000225. The van der Waals surface area contributed by atoms with Gasteiger partial charge < -0.3 is 10.6 Å². The number of piperidine rings is 1. The van der Waals surface area contributed by atoms with Crippen LogP contribution in [0.1, 0.15) is 34.3 Å². The molecule has 1 atom stereocenters. The van der Waals surface area contributed by atoms with Gasteiger partial charge in [0.15, 0.2) is 0 Å². The van der Waals surface area contributed by atoms with Crippen molar-refractivity contribution >= 4 is 29.7 Å². The molecule has 1 fully saturated rings. The van der Waals surface area contributed by atoms with Gasteiger partial charge in [-0.25, -0.2) is 4.39 Å². The Hall–Kier alpha value is -1.43. The lowest BCUT2D eigenvalue weighted by Crippen LogP contribution is -2.42. The summed E-state index contributed by atoms with van der Waals surface area (Å²) in [5.74, 6) is 0.355. The minimum Gasteiger partial charge on any atom is -0.338 e. The van der Waals surface area contributed by atoms with Crippen LogP contribution in [-0.2, 0) is 0 Å². The molecule has 3 rings (SSSR count). The summed E-state index contributed by atoms with van der Waals surface area (Å²) >= 11 is 1.51. The van der Waals surface area contributed by atoms with Crippen molar-refractivity contribution in [2.45, 2.75) is 32.7 Å². The number of hydrogen-bond donors (Lipinski definition) is 1. The van der Waals surface area contributed by atoms with Gasteiger partial charge in [-0.15, -0.1) is 23.7 Å². The molecular formula is C19H24ClFN2OS. The minimum atomic E-state index is -0.250. The van der Waals surface area contributed by atoms with E-state index in [2.05, 4.69) is 0 Å². The molecule has 1 unspecified atom stereocenters. The Morgan fingerprint density at radius 1 is 1.28 bits per heavy atom. The zero-order valence-electron chi connectivity index (χ0n) is 14.5. The molecule has 1 aromatic carbocycles. The summed E-state index contributed by atoms with van der Waals surface area (Å²) in [6.07, 6.45) is 1.94. The number of likely N-dealkylation sites (tertiary alicyclic amines) is 1. The van der Waals surface area contributed by atoms with Crippen LogP contribution in [0.2, 0.25) is 0 Å². The number of nitrogens with zero attached hydrogens (tertiary/aromatic N) is 1. The number of aryl methyl sites for hydroxylation is 1. The third-order valence-electron chi connectivity index (χ3n) is 4.85. The molecule has 0 saturated carbocycles. The molecule has 0 bridgehead atoms. The van der Waals surface area contributed by atoms with E-state index in [9.17, 15) is 9.18 Å². The van der Waals surface area contributed by atoms with Crippen molar-refractivity contribution in [3.63, 3.8) is 0 Å². The Morgan fingerprint density at radius 2 is 1.88 bits per heavy atom.